The molecule has 0 spiro atoms. The molecule has 3 aromatic carbocycles. The van der Waals surface area contributed by atoms with E-state index in [2.05, 4.69) is 6.07 Å². The highest BCUT2D eigenvalue weighted by atomic mass is 16.5. The molecule has 30 heavy (non-hydrogen) atoms. The molecule has 0 saturated heterocycles. The van der Waals surface area contributed by atoms with Gasteiger partial charge >= 0.3 is 0 Å². The number of para-hydroxylation sites is 1. The average Bonchev–Trinajstić information content (AvgIpc) is 3.22. The fourth-order valence-electron chi connectivity index (χ4n) is 5.05. The largest absolute Gasteiger partial charge is 0.377 e. The third-order valence-electron chi connectivity index (χ3n) is 6.28. The van der Waals surface area contributed by atoms with Gasteiger partial charge in [0.05, 0.1) is 18.2 Å². The number of nitrogens with zero attached hydrogens (tertiary/aromatic N) is 2. The normalized spacial score (nSPS) is 21.1. The molecule has 3 aromatic rings. The maximum Gasteiger partial charge on any atom is 0.259 e. The van der Waals surface area contributed by atoms with Gasteiger partial charge in [-0.3, -0.25) is 9.69 Å². The zero-order valence-electron chi connectivity index (χ0n) is 16.6. The van der Waals surface area contributed by atoms with Crippen LogP contribution in [0.2, 0.25) is 0 Å². The van der Waals surface area contributed by atoms with E-state index in [0.717, 1.165) is 28.8 Å². The molecule has 148 valence electrons. The summed E-state index contributed by atoms with van der Waals surface area (Å²) >= 11 is 0. The predicted molar refractivity (Wildman–Crippen MR) is 115 cm³/mol. The third kappa shape index (κ3) is 2.67. The molecule has 2 aliphatic rings. The first-order valence-electron chi connectivity index (χ1n) is 10.3. The van der Waals surface area contributed by atoms with Gasteiger partial charge in [-0.05, 0) is 41.7 Å². The van der Waals surface area contributed by atoms with Crippen molar-refractivity contribution in [1.82, 2.24) is 0 Å². The molecule has 2 heterocycles. The Hall–Kier alpha value is -3.42. The summed E-state index contributed by atoms with van der Waals surface area (Å²) in [6.07, 6.45) is 1.44. The number of anilines is 1. The van der Waals surface area contributed by atoms with Crippen LogP contribution < -0.4 is 4.90 Å². The Labute approximate surface area is 176 Å². The maximum absolute atomic E-state index is 13.4. The molecule has 5 rings (SSSR count). The first kappa shape index (κ1) is 18.6. The molecule has 4 nitrogen and oxygen atoms in total. The lowest BCUT2D eigenvalue weighted by molar-refractivity contribution is 0.0956. The van der Waals surface area contributed by atoms with Gasteiger partial charge in [-0.2, -0.15) is 5.26 Å². The second kappa shape index (κ2) is 7.44. The van der Waals surface area contributed by atoms with Crippen molar-refractivity contribution in [1.29, 1.82) is 5.26 Å². The van der Waals surface area contributed by atoms with Gasteiger partial charge in [0.1, 0.15) is 5.92 Å². The SMILES string of the molecule is N#C[C@H]1c2ccccc2N2C(=O)c3ccccc3[C@@]12CCCOCc1ccccc1. The number of benzene rings is 3. The van der Waals surface area contributed by atoms with E-state index in [0.29, 0.717) is 25.2 Å². The van der Waals surface area contributed by atoms with Gasteiger partial charge in [0.2, 0.25) is 0 Å². The van der Waals surface area contributed by atoms with Gasteiger partial charge in [0.15, 0.2) is 0 Å². The molecular formula is C26H22N2O2. The molecule has 0 fully saturated rings. The predicted octanol–water partition coefficient (Wildman–Crippen LogP) is 5.16. The standard InChI is InChI=1S/C26H22N2O2/c27-17-23-20-11-5-7-14-24(20)28-25(29)21-12-4-6-13-22(21)26(23,28)15-8-16-30-18-19-9-2-1-3-10-19/h1-7,9-14,23H,8,15-16,18H2/t23-,26-/m0/s1. The number of carbonyl (C=O) groups excluding carboxylic acids is 1. The van der Waals surface area contributed by atoms with Crippen LogP contribution in [0.15, 0.2) is 78.9 Å². The van der Waals surface area contributed by atoms with Crippen molar-refractivity contribution >= 4 is 11.6 Å². The van der Waals surface area contributed by atoms with E-state index in [1.165, 1.54) is 0 Å². The van der Waals surface area contributed by atoms with Crippen molar-refractivity contribution in [3.8, 4) is 6.07 Å². The van der Waals surface area contributed by atoms with E-state index in [1.54, 1.807) is 0 Å². The van der Waals surface area contributed by atoms with Crippen molar-refractivity contribution in [2.45, 2.75) is 30.9 Å². The Kier molecular flexibility index (Phi) is 4.61. The van der Waals surface area contributed by atoms with E-state index in [-0.39, 0.29) is 5.91 Å². The fraction of sp³-hybridized carbons (Fsp3) is 0.231. The van der Waals surface area contributed by atoms with Gasteiger partial charge in [-0.1, -0.05) is 66.7 Å². The maximum atomic E-state index is 13.4. The quantitative estimate of drug-likeness (QED) is 0.543. The number of hydrogen-bond acceptors (Lipinski definition) is 3. The molecule has 2 aliphatic heterocycles. The van der Waals surface area contributed by atoms with Gasteiger partial charge in [-0.25, -0.2) is 0 Å². The van der Waals surface area contributed by atoms with Crippen LogP contribution in [0, 0.1) is 11.3 Å². The molecule has 0 unspecified atom stereocenters. The molecule has 0 aromatic heterocycles. The lowest BCUT2D eigenvalue weighted by atomic mass is 9.75. The van der Waals surface area contributed by atoms with Crippen molar-refractivity contribution in [3.05, 3.63) is 101 Å². The van der Waals surface area contributed by atoms with Crippen molar-refractivity contribution in [2.24, 2.45) is 0 Å². The molecule has 0 saturated carbocycles. The fourth-order valence-corrected chi connectivity index (χ4v) is 5.05. The minimum Gasteiger partial charge on any atom is -0.377 e. The molecule has 0 bridgehead atoms. The van der Waals surface area contributed by atoms with Crippen LogP contribution in [0.3, 0.4) is 0 Å². The number of carbonyl (C=O) groups is 1. The molecular weight excluding hydrogens is 372 g/mol. The first-order chi connectivity index (χ1) is 14.8. The first-order valence-corrected chi connectivity index (χ1v) is 10.3. The summed E-state index contributed by atoms with van der Waals surface area (Å²) in [4.78, 5) is 15.2. The highest BCUT2D eigenvalue weighted by Gasteiger charge is 2.60. The summed E-state index contributed by atoms with van der Waals surface area (Å²) in [7, 11) is 0. The van der Waals surface area contributed by atoms with E-state index in [9.17, 15) is 10.1 Å². The number of nitriles is 1. The molecule has 0 aliphatic carbocycles. The summed E-state index contributed by atoms with van der Waals surface area (Å²) in [6.45, 7) is 1.14. The van der Waals surface area contributed by atoms with Crippen LogP contribution in [0.4, 0.5) is 5.69 Å². The number of amides is 1. The van der Waals surface area contributed by atoms with Gasteiger partial charge in [0, 0.05) is 17.9 Å². The smallest absolute Gasteiger partial charge is 0.259 e. The van der Waals surface area contributed by atoms with E-state index < -0.39 is 11.5 Å². The Morgan fingerprint density at radius 1 is 0.967 bits per heavy atom. The number of ether oxygens (including phenoxy) is 1. The Balaban J connectivity index is 1.44. The topological polar surface area (TPSA) is 53.3 Å². The van der Waals surface area contributed by atoms with Gasteiger partial charge in [-0.15, -0.1) is 0 Å². The van der Waals surface area contributed by atoms with Gasteiger partial charge < -0.3 is 4.74 Å². The molecule has 4 heteroatoms. The number of fused-ring (bicyclic) bond motifs is 5. The molecule has 0 N–H and O–H groups in total. The molecule has 2 atom stereocenters. The van der Waals surface area contributed by atoms with Crippen LogP contribution in [0.1, 0.15) is 45.8 Å². The Morgan fingerprint density at radius 2 is 1.70 bits per heavy atom. The summed E-state index contributed by atoms with van der Waals surface area (Å²) in [6, 6.07) is 28.2. The van der Waals surface area contributed by atoms with Crippen LogP contribution in [-0.2, 0) is 16.9 Å². The van der Waals surface area contributed by atoms with Crippen molar-refractivity contribution in [2.75, 3.05) is 11.5 Å². The van der Waals surface area contributed by atoms with Crippen LogP contribution in [0.5, 0.6) is 0 Å². The molecule has 0 radical (unpaired) electrons. The van der Waals surface area contributed by atoms with Crippen LogP contribution in [-0.4, -0.2) is 12.5 Å². The monoisotopic (exact) mass is 394 g/mol. The van der Waals surface area contributed by atoms with Gasteiger partial charge in [0.25, 0.3) is 5.91 Å². The molecule has 1 amide bonds. The highest BCUT2D eigenvalue weighted by molar-refractivity contribution is 6.14. The second-order valence-corrected chi connectivity index (χ2v) is 7.87. The highest BCUT2D eigenvalue weighted by Crippen LogP contribution is 2.59. The van der Waals surface area contributed by atoms with Crippen molar-refractivity contribution < 1.29 is 9.53 Å². The Bertz CT molecular complexity index is 1140. The van der Waals surface area contributed by atoms with E-state index >= 15 is 0 Å². The average molecular weight is 394 g/mol. The van der Waals surface area contributed by atoms with E-state index in [1.807, 2.05) is 83.8 Å². The van der Waals surface area contributed by atoms with E-state index in [4.69, 9.17) is 4.74 Å². The summed E-state index contributed by atoms with van der Waals surface area (Å²) < 4.78 is 5.90. The third-order valence-corrected chi connectivity index (χ3v) is 6.28. The lowest BCUT2D eigenvalue weighted by Gasteiger charge is -2.36. The summed E-state index contributed by atoms with van der Waals surface area (Å²) in [5, 5.41) is 10.2. The second-order valence-electron chi connectivity index (χ2n) is 7.87. The number of hydrogen-bond donors (Lipinski definition) is 0. The minimum atomic E-state index is -0.664. The Morgan fingerprint density at radius 3 is 2.53 bits per heavy atom. The lowest BCUT2D eigenvalue weighted by Crippen LogP contribution is -2.43. The number of rotatable bonds is 6. The zero-order chi connectivity index (χ0) is 20.6. The van der Waals surface area contributed by atoms with Crippen LogP contribution in [0.25, 0.3) is 0 Å². The summed E-state index contributed by atoms with van der Waals surface area (Å²) in [5.41, 5.74) is 3.94. The van der Waals surface area contributed by atoms with Crippen molar-refractivity contribution in [3.63, 3.8) is 0 Å². The van der Waals surface area contributed by atoms with Crippen LogP contribution >= 0.6 is 0 Å². The zero-order valence-corrected chi connectivity index (χ0v) is 16.6. The summed E-state index contributed by atoms with van der Waals surface area (Å²) in [5.74, 6) is -0.406. The minimum absolute atomic E-state index is 0.0130.